The number of nitrogens with zero attached hydrogens (tertiary/aromatic N) is 1. The molecule has 0 aliphatic carbocycles. The van der Waals surface area contributed by atoms with Crippen LogP contribution in [0.25, 0.3) is 0 Å². The van der Waals surface area contributed by atoms with Crippen LogP contribution >= 0.6 is 0 Å². The summed E-state index contributed by atoms with van der Waals surface area (Å²) in [6.45, 7) is 1.69. The molecule has 0 radical (unpaired) electrons. The fraction of sp³-hybridized carbons (Fsp3) is 0.522. The maximum Gasteiger partial charge on any atom is 0.411 e. The van der Waals surface area contributed by atoms with Crippen LogP contribution in [0.15, 0.2) is 34.4 Å². The van der Waals surface area contributed by atoms with Gasteiger partial charge < -0.3 is 23.8 Å². The van der Waals surface area contributed by atoms with Gasteiger partial charge in [0.1, 0.15) is 17.3 Å². The van der Waals surface area contributed by atoms with E-state index in [4.69, 9.17) is 18.9 Å². The van der Waals surface area contributed by atoms with E-state index in [0.717, 1.165) is 50.9 Å². The standard InChI is InChI=1S/C23H32N2O10S/c1-4-5-6-7-8-9-12-35-23(28)24-16-10-11-19(36(29,30)31)18(13-16)25-15-34-14-17(21(26)32-2)20(25)22(27)33-3/h10-11,13H,4-9,12,14-15H2,1-3H3,(H,24,28)(H,29,30,31). The van der Waals surface area contributed by atoms with Gasteiger partial charge in [0.05, 0.1) is 38.7 Å². The van der Waals surface area contributed by atoms with Crippen LogP contribution in [0, 0.1) is 0 Å². The van der Waals surface area contributed by atoms with Crippen LogP contribution in [0.3, 0.4) is 0 Å². The molecule has 36 heavy (non-hydrogen) atoms. The molecule has 1 aromatic carbocycles. The van der Waals surface area contributed by atoms with Crippen molar-refractivity contribution in [3.63, 3.8) is 0 Å². The molecule has 1 aromatic rings. The van der Waals surface area contributed by atoms with Gasteiger partial charge in [-0.1, -0.05) is 39.0 Å². The normalized spacial score (nSPS) is 13.8. The Bertz CT molecular complexity index is 1080. The van der Waals surface area contributed by atoms with Gasteiger partial charge in [0.2, 0.25) is 0 Å². The van der Waals surface area contributed by atoms with E-state index in [0.29, 0.717) is 6.42 Å². The van der Waals surface area contributed by atoms with Gasteiger partial charge in [0, 0.05) is 5.69 Å². The molecule has 0 aromatic heterocycles. The Kier molecular flexibility index (Phi) is 11.1. The van der Waals surface area contributed by atoms with Crippen molar-refractivity contribution in [3.05, 3.63) is 29.5 Å². The minimum atomic E-state index is -4.79. The highest BCUT2D eigenvalue weighted by Crippen LogP contribution is 2.34. The SMILES string of the molecule is CCCCCCCCOC(=O)Nc1ccc(S(=O)(=O)O)c(N2COCC(C(=O)OC)=C2C(=O)OC)c1. The van der Waals surface area contributed by atoms with Gasteiger partial charge in [-0.05, 0) is 24.6 Å². The maximum atomic E-state index is 12.5. The molecule has 1 amide bonds. The van der Waals surface area contributed by atoms with Crippen molar-refractivity contribution in [2.24, 2.45) is 0 Å². The first-order valence-corrected chi connectivity index (χ1v) is 12.9. The molecule has 0 spiro atoms. The molecule has 1 heterocycles. The van der Waals surface area contributed by atoms with Crippen molar-refractivity contribution in [3.8, 4) is 0 Å². The number of amides is 1. The second-order valence-electron chi connectivity index (χ2n) is 7.90. The number of methoxy groups -OCH3 is 2. The van der Waals surface area contributed by atoms with Crippen molar-refractivity contribution < 1.29 is 46.3 Å². The Morgan fingerprint density at radius 2 is 1.72 bits per heavy atom. The summed E-state index contributed by atoms with van der Waals surface area (Å²) in [4.78, 5) is 37.5. The van der Waals surface area contributed by atoms with E-state index in [1.807, 2.05) is 0 Å². The van der Waals surface area contributed by atoms with Gasteiger partial charge >= 0.3 is 18.0 Å². The zero-order chi connectivity index (χ0) is 26.7. The number of hydrogen-bond donors (Lipinski definition) is 2. The predicted octanol–water partition coefficient (Wildman–Crippen LogP) is 3.24. The Labute approximate surface area is 210 Å². The Morgan fingerprint density at radius 1 is 1.06 bits per heavy atom. The lowest BCUT2D eigenvalue weighted by Crippen LogP contribution is -2.39. The monoisotopic (exact) mass is 528 g/mol. The molecule has 12 nitrogen and oxygen atoms in total. The van der Waals surface area contributed by atoms with Crippen LogP contribution in [0.5, 0.6) is 0 Å². The Balaban J connectivity index is 2.31. The fourth-order valence-corrected chi connectivity index (χ4v) is 4.23. The molecular formula is C23H32N2O10S. The first-order valence-electron chi connectivity index (χ1n) is 11.4. The van der Waals surface area contributed by atoms with E-state index in [-0.39, 0.29) is 42.6 Å². The average molecular weight is 529 g/mol. The predicted molar refractivity (Wildman–Crippen MR) is 129 cm³/mol. The van der Waals surface area contributed by atoms with E-state index in [2.05, 4.69) is 12.2 Å². The number of nitrogens with one attached hydrogen (secondary N) is 1. The summed E-state index contributed by atoms with van der Waals surface area (Å²) in [6.07, 6.45) is 5.37. The van der Waals surface area contributed by atoms with Crippen molar-refractivity contribution in [1.29, 1.82) is 0 Å². The summed E-state index contributed by atoms with van der Waals surface area (Å²) in [7, 11) is -2.60. The van der Waals surface area contributed by atoms with Crippen molar-refractivity contribution in [2.45, 2.75) is 50.3 Å². The van der Waals surface area contributed by atoms with Crippen molar-refractivity contribution in [1.82, 2.24) is 0 Å². The molecule has 13 heteroatoms. The van der Waals surface area contributed by atoms with Gasteiger partial charge in [-0.2, -0.15) is 8.42 Å². The van der Waals surface area contributed by atoms with Crippen LogP contribution in [-0.2, 0) is 38.7 Å². The van der Waals surface area contributed by atoms with E-state index >= 15 is 0 Å². The van der Waals surface area contributed by atoms with Gasteiger partial charge in [-0.25, -0.2) is 14.4 Å². The van der Waals surface area contributed by atoms with Gasteiger partial charge in [0.25, 0.3) is 10.1 Å². The minimum Gasteiger partial charge on any atom is -0.466 e. The summed E-state index contributed by atoms with van der Waals surface area (Å²) >= 11 is 0. The quantitative estimate of drug-likeness (QED) is 0.178. The fourth-order valence-electron chi connectivity index (χ4n) is 3.56. The number of anilines is 2. The van der Waals surface area contributed by atoms with Crippen LogP contribution in [0.2, 0.25) is 0 Å². The lowest BCUT2D eigenvalue weighted by atomic mass is 10.1. The number of rotatable bonds is 12. The summed E-state index contributed by atoms with van der Waals surface area (Å²) in [5, 5.41) is 2.49. The number of benzene rings is 1. The molecule has 2 N–H and O–H groups in total. The zero-order valence-electron chi connectivity index (χ0n) is 20.6. The first kappa shape index (κ1) is 29.1. The lowest BCUT2D eigenvalue weighted by Gasteiger charge is -2.32. The molecule has 200 valence electrons. The van der Waals surface area contributed by atoms with E-state index < -0.39 is 33.0 Å². The number of ether oxygens (including phenoxy) is 4. The third-order valence-corrected chi connectivity index (χ3v) is 6.24. The largest absolute Gasteiger partial charge is 0.466 e. The highest BCUT2D eigenvalue weighted by molar-refractivity contribution is 7.86. The Morgan fingerprint density at radius 3 is 2.36 bits per heavy atom. The van der Waals surface area contributed by atoms with Gasteiger partial charge in [-0.15, -0.1) is 0 Å². The molecule has 0 saturated carbocycles. The van der Waals surface area contributed by atoms with Crippen LogP contribution in [0.1, 0.15) is 45.4 Å². The first-order chi connectivity index (χ1) is 17.1. The molecular weight excluding hydrogens is 496 g/mol. The third-order valence-electron chi connectivity index (χ3n) is 5.34. The minimum absolute atomic E-state index is 0.111. The zero-order valence-corrected chi connectivity index (χ0v) is 21.4. The van der Waals surface area contributed by atoms with E-state index in [1.165, 1.54) is 18.6 Å². The molecule has 0 atom stereocenters. The number of unbranched alkanes of at least 4 members (excludes halogenated alkanes) is 5. The van der Waals surface area contributed by atoms with Crippen LogP contribution in [0.4, 0.5) is 16.2 Å². The average Bonchev–Trinajstić information content (AvgIpc) is 2.86. The van der Waals surface area contributed by atoms with Crippen molar-refractivity contribution in [2.75, 3.05) is 44.4 Å². The van der Waals surface area contributed by atoms with Crippen LogP contribution < -0.4 is 10.2 Å². The number of carbonyl (C=O) groups is 3. The number of carbonyl (C=O) groups excluding carboxylic acids is 3. The van der Waals surface area contributed by atoms with E-state index in [9.17, 15) is 27.4 Å². The molecule has 0 fully saturated rings. The summed E-state index contributed by atoms with van der Waals surface area (Å²) in [5.41, 5.74) is -0.677. The summed E-state index contributed by atoms with van der Waals surface area (Å²) < 4.78 is 53.9. The third kappa shape index (κ3) is 7.93. The Hall–Kier alpha value is -3.16. The topological polar surface area (TPSA) is 158 Å². The highest BCUT2D eigenvalue weighted by atomic mass is 32.2. The molecule has 1 aliphatic heterocycles. The molecule has 0 bridgehead atoms. The second-order valence-corrected chi connectivity index (χ2v) is 9.29. The molecule has 0 unspecified atom stereocenters. The number of hydrogen-bond acceptors (Lipinski definition) is 10. The lowest BCUT2D eigenvalue weighted by molar-refractivity contribution is -0.140. The van der Waals surface area contributed by atoms with Crippen LogP contribution in [-0.4, -0.2) is 65.2 Å². The molecule has 2 rings (SSSR count). The van der Waals surface area contributed by atoms with E-state index in [1.54, 1.807) is 0 Å². The smallest absolute Gasteiger partial charge is 0.411 e. The number of esters is 2. The van der Waals surface area contributed by atoms with Crippen molar-refractivity contribution >= 4 is 39.5 Å². The summed E-state index contributed by atoms with van der Waals surface area (Å²) in [6, 6.07) is 3.48. The van der Waals surface area contributed by atoms with Gasteiger partial charge in [0.15, 0.2) is 0 Å². The molecule has 0 saturated heterocycles. The summed E-state index contributed by atoms with van der Waals surface area (Å²) in [5.74, 6) is -1.85. The maximum absolute atomic E-state index is 12.5. The molecule has 1 aliphatic rings. The second kappa shape index (κ2) is 13.8. The highest BCUT2D eigenvalue weighted by Gasteiger charge is 2.35. The van der Waals surface area contributed by atoms with Gasteiger partial charge in [-0.3, -0.25) is 9.87 Å².